The Kier molecular flexibility index (Phi) is 4.33. The Labute approximate surface area is 113 Å². The number of anilines is 1. The molecule has 0 aliphatic rings. The average molecular weight is 249 g/mol. The Morgan fingerprint density at radius 3 is 2.21 bits per heavy atom. The molecule has 0 atom stereocenters. The summed E-state index contributed by atoms with van der Waals surface area (Å²) in [5.41, 5.74) is 4.48. The lowest BCUT2D eigenvalue weighted by Gasteiger charge is -2.21. The molecule has 19 heavy (non-hydrogen) atoms. The predicted molar refractivity (Wildman–Crippen MR) is 77.8 cm³/mol. The van der Waals surface area contributed by atoms with E-state index in [9.17, 15) is 4.79 Å². The predicted octanol–water partition coefficient (Wildman–Crippen LogP) is 3.56. The first kappa shape index (κ1) is 12.9. The summed E-state index contributed by atoms with van der Waals surface area (Å²) in [6.45, 7) is 3.99. The molecule has 2 aromatic carbocycles. The van der Waals surface area contributed by atoms with Gasteiger partial charge in [-0.1, -0.05) is 55.1 Å². The zero-order valence-corrected chi connectivity index (χ0v) is 10.6. The second-order valence-electron chi connectivity index (χ2n) is 4.09. The van der Waals surface area contributed by atoms with Crippen LogP contribution in [-0.4, -0.2) is 5.91 Å². The maximum Gasteiger partial charge on any atom is 0.259 e. The van der Waals surface area contributed by atoms with Gasteiger partial charge in [0.25, 0.3) is 5.91 Å². The van der Waals surface area contributed by atoms with E-state index in [-0.39, 0.29) is 5.91 Å². The highest BCUT2D eigenvalue weighted by atomic mass is 16.2. The summed E-state index contributed by atoms with van der Waals surface area (Å²) in [6.07, 6.45) is 1.36. The van der Waals surface area contributed by atoms with Crippen molar-refractivity contribution >= 4 is 11.6 Å². The molecule has 0 fully saturated rings. The van der Waals surface area contributed by atoms with Crippen LogP contribution in [0.3, 0.4) is 0 Å². The third-order valence-electron chi connectivity index (χ3n) is 2.74. The Hall–Kier alpha value is -2.57. The van der Waals surface area contributed by atoms with Crippen LogP contribution in [0.5, 0.6) is 0 Å². The van der Waals surface area contributed by atoms with Gasteiger partial charge in [0.1, 0.15) is 0 Å². The Morgan fingerprint density at radius 1 is 1.05 bits per heavy atom. The minimum Gasteiger partial charge on any atom is -0.304 e. The lowest BCUT2D eigenvalue weighted by molar-refractivity contribution is -0.114. The smallest absolute Gasteiger partial charge is 0.259 e. The van der Waals surface area contributed by atoms with E-state index in [4.69, 9.17) is 0 Å². The maximum atomic E-state index is 12.1. The molecule has 0 heterocycles. The number of carbonyl (C=O) groups is 1. The Balaban J connectivity index is 2.30. The number of hydrogen-bond acceptors (Lipinski definition) is 1. The van der Waals surface area contributed by atoms with Crippen molar-refractivity contribution < 1.29 is 4.79 Å². The van der Waals surface area contributed by atoms with Crippen LogP contribution in [-0.2, 0) is 11.3 Å². The summed E-state index contributed by atoms with van der Waals surface area (Å²) in [4.78, 5) is 13.8. The van der Waals surface area contributed by atoms with Gasteiger partial charge in [-0.3, -0.25) is 4.79 Å². The monoisotopic (exact) mass is 249 g/mol. The quantitative estimate of drug-likeness (QED) is 0.599. The molecular formula is C17H15NO. The molecule has 94 valence electrons. The number of benzene rings is 2. The fourth-order valence-electron chi connectivity index (χ4n) is 1.84. The third-order valence-corrected chi connectivity index (χ3v) is 2.74. The molecule has 0 bridgehead atoms. The molecule has 2 rings (SSSR count). The fourth-order valence-corrected chi connectivity index (χ4v) is 1.84. The van der Waals surface area contributed by atoms with Crippen molar-refractivity contribution in [2.75, 3.05) is 4.90 Å². The molecule has 0 saturated carbocycles. The minimum absolute atomic E-state index is 0.120. The molecule has 1 amide bonds. The van der Waals surface area contributed by atoms with Gasteiger partial charge in [-0.25, -0.2) is 0 Å². The van der Waals surface area contributed by atoms with Gasteiger partial charge in [0, 0.05) is 11.8 Å². The first-order valence-corrected chi connectivity index (χ1v) is 6.07. The minimum atomic E-state index is -0.120. The van der Waals surface area contributed by atoms with E-state index in [0.717, 1.165) is 11.3 Å². The van der Waals surface area contributed by atoms with E-state index >= 15 is 0 Å². The molecule has 2 heteroatoms. The van der Waals surface area contributed by atoms with Crippen LogP contribution < -0.4 is 4.90 Å². The highest BCUT2D eigenvalue weighted by Gasteiger charge is 2.13. The van der Waals surface area contributed by atoms with Gasteiger partial charge in [-0.2, -0.15) is 0 Å². The standard InChI is InChI=1S/C17H15NO/c1-2-9-17(19)18(16-12-7-4-8-13-16)14-15-10-5-3-6-11-15/h3-13H,1,14H2. The fraction of sp³-hybridized carbons (Fsp3) is 0.0588. The summed E-state index contributed by atoms with van der Waals surface area (Å²) in [5, 5.41) is 0. The van der Waals surface area contributed by atoms with Crippen LogP contribution in [0.2, 0.25) is 0 Å². The van der Waals surface area contributed by atoms with Crippen molar-refractivity contribution in [3.8, 4) is 0 Å². The third kappa shape index (κ3) is 3.44. The molecule has 0 radical (unpaired) electrons. The van der Waals surface area contributed by atoms with Crippen LogP contribution in [0.4, 0.5) is 5.69 Å². The number of carbonyl (C=O) groups excluding carboxylic acids is 1. The van der Waals surface area contributed by atoms with Crippen molar-refractivity contribution in [1.82, 2.24) is 0 Å². The summed E-state index contributed by atoms with van der Waals surface area (Å²) < 4.78 is 0. The average Bonchev–Trinajstić information content (AvgIpc) is 2.47. The number of rotatable bonds is 4. The summed E-state index contributed by atoms with van der Waals surface area (Å²) in [5.74, 6) is -0.120. The van der Waals surface area contributed by atoms with E-state index in [1.165, 1.54) is 6.08 Å². The molecule has 0 aliphatic heterocycles. The van der Waals surface area contributed by atoms with Crippen LogP contribution in [0.25, 0.3) is 0 Å². The molecule has 2 nitrogen and oxygen atoms in total. The van der Waals surface area contributed by atoms with Gasteiger partial charge >= 0.3 is 0 Å². The summed E-state index contributed by atoms with van der Waals surface area (Å²) >= 11 is 0. The normalized spacial score (nSPS) is 9.47. The zero-order chi connectivity index (χ0) is 13.5. The van der Waals surface area contributed by atoms with Crippen molar-refractivity contribution in [1.29, 1.82) is 0 Å². The zero-order valence-electron chi connectivity index (χ0n) is 10.6. The van der Waals surface area contributed by atoms with Crippen LogP contribution in [0, 0.1) is 0 Å². The molecule has 0 spiro atoms. The van der Waals surface area contributed by atoms with Crippen molar-refractivity contribution in [2.45, 2.75) is 6.54 Å². The van der Waals surface area contributed by atoms with E-state index in [0.29, 0.717) is 6.54 Å². The SMILES string of the molecule is C=C=CC(=O)N(Cc1ccccc1)c1ccccc1. The highest BCUT2D eigenvalue weighted by molar-refractivity contribution is 6.01. The molecule has 0 saturated heterocycles. The van der Waals surface area contributed by atoms with E-state index in [2.05, 4.69) is 12.3 Å². The van der Waals surface area contributed by atoms with Crippen molar-refractivity contribution in [2.24, 2.45) is 0 Å². The van der Waals surface area contributed by atoms with Crippen molar-refractivity contribution in [3.63, 3.8) is 0 Å². The molecule has 0 aromatic heterocycles. The molecule has 0 aliphatic carbocycles. The van der Waals surface area contributed by atoms with Gasteiger partial charge in [-0.05, 0) is 17.7 Å². The summed E-state index contributed by atoms with van der Waals surface area (Å²) in [7, 11) is 0. The van der Waals surface area contributed by atoms with E-state index in [1.807, 2.05) is 60.7 Å². The number of para-hydroxylation sites is 1. The van der Waals surface area contributed by atoms with Crippen LogP contribution >= 0.6 is 0 Å². The topological polar surface area (TPSA) is 20.3 Å². The lowest BCUT2D eigenvalue weighted by Crippen LogP contribution is -2.28. The molecule has 2 aromatic rings. The van der Waals surface area contributed by atoms with E-state index < -0.39 is 0 Å². The molecular weight excluding hydrogens is 234 g/mol. The highest BCUT2D eigenvalue weighted by Crippen LogP contribution is 2.17. The maximum absolute atomic E-state index is 12.1. The lowest BCUT2D eigenvalue weighted by atomic mass is 10.2. The second-order valence-corrected chi connectivity index (χ2v) is 4.09. The molecule has 0 N–H and O–H groups in total. The summed E-state index contributed by atoms with van der Waals surface area (Å²) in [6, 6.07) is 19.5. The van der Waals surface area contributed by atoms with Gasteiger partial charge in [0.05, 0.1) is 6.54 Å². The number of hydrogen-bond donors (Lipinski definition) is 0. The van der Waals surface area contributed by atoms with Gasteiger partial charge < -0.3 is 4.90 Å². The van der Waals surface area contributed by atoms with E-state index in [1.54, 1.807) is 4.90 Å². The number of amides is 1. The van der Waals surface area contributed by atoms with Gasteiger partial charge in [0.15, 0.2) is 0 Å². The Morgan fingerprint density at radius 2 is 1.63 bits per heavy atom. The largest absolute Gasteiger partial charge is 0.304 e. The van der Waals surface area contributed by atoms with Crippen LogP contribution in [0.15, 0.2) is 79.0 Å². The Bertz CT molecular complexity index is 583. The van der Waals surface area contributed by atoms with Gasteiger partial charge in [-0.15, -0.1) is 5.73 Å². The van der Waals surface area contributed by atoms with Crippen LogP contribution in [0.1, 0.15) is 5.56 Å². The second kappa shape index (κ2) is 6.39. The van der Waals surface area contributed by atoms with Gasteiger partial charge in [0.2, 0.25) is 0 Å². The first-order chi connectivity index (χ1) is 9.31. The van der Waals surface area contributed by atoms with Crippen molar-refractivity contribution in [3.05, 3.63) is 84.6 Å². The number of nitrogens with zero attached hydrogens (tertiary/aromatic N) is 1. The molecule has 0 unspecified atom stereocenters. The first-order valence-electron chi connectivity index (χ1n) is 6.07.